The van der Waals surface area contributed by atoms with Crippen LogP contribution in [0.2, 0.25) is 0 Å². The Balaban J connectivity index is 2.45. The number of rotatable bonds is 3. The fourth-order valence-electron chi connectivity index (χ4n) is 0.794. The molecule has 0 fully saturated rings. The Morgan fingerprint density at radius 3 is 3.00 bits per heavy atom. The molecule has 1 rings (SSSR count). The molecule has 0 unspecified atom stereocenters. The SMILES string of the molecule is Cc1ccn(CCC(=O)[O-])n1. The highest BCUT2D eigenvalue weighted by Crippen LogP contribution is 1.93. The molecule has 0 bridgehead atoms. The molecule has 60 valence electrons. The van der Waals surface area contributed by atoms with Crippen molar-refractivity contribution in [2.24, 2.45) is 0 Å². The fraction of sp³-hybridized carbons (Fsp3) is 0.429. The molecule has 11 heavy (non-hydrogen) atoms. The molecule has 0 saturated carbocycles. The lowest BCUT2D eigenvalue weighted by atomic mass is 10.4. The molecule has 0 radical (unpaired) electrons. The van der Waals surface area contributed by atoms with Crippen LogP contribution in [0, 0.1) is 6.92 Å². The van der Waals surface area contributed by atoms with Crippen LogP contribution in [-0.2, 0) is 11.3 Å². The lowest BCUT2D eigenvalue weighted by molar-refractivity contribution is -0.306. The van der Waals surface area contributed by atoms with E-state index in [-0.39, 0.29) is 6.42 Å². The standard InChI is InChI=1S/C7H10N2O2/c1-6-2-4-9(8-6)5-3-7(10)11/h2,4H,3,5H2,1H3,(H,10,11)/p-1. The summed E-state index contributed by atoms with van der Waals surface area (Å²) in [6, 6.07) is 1.83. The van der Waals surface area contributed by atoms with Crippen LogP contribution in [0.25, 0.3) is 0 Å². The Kier molecular flexibility index (Phi) is 2.25. The summed E-state index contributed by atoms with van der Waals surface area (Å²) in [6.45, 7) is 2.24. The van der Waals surface area contributed by atoms with E-state index in [1.54, 1.807) is 10.9 Å². The van der Waals surface area contributed by atoms with Crippen molar-refractivity contribution in [3.05, 3.63) is 18.0 Å². The normalized spacial score (nSPS) is 9.91. The maximum atomic E-state index is 10.0. The molecule has 0 atom stereocenters. The number of aryl methyl sites for hydroxylation is 2. The third-order valence-electron chi connectivity index (χ3n) is 1.32. The average Bonchev–Trinajstić information content (AvgIpc) is 2.31. The van der Waals surface area contributed by atoms with Gasteiger partial charge in [-0.1, -0.05) is 0 Å². The van der Waals surface area contributed by atoms with Crippen molar-refractivity contribution in [3.63, 3.8) is 0 Å². The van der Waals surface area contributed by atoms with Gasteiger partial charge >= 0.3 is 0 Å². The van der Waals surface area contributed by atoms with Gasteiger partial charge in [0, 0.05) is 25.1 Å². The first-order chi connectivity index (χ1) is 5.18. The lowest BCUT2D eigenvalue weighted by Crippen LogP contribution is -2.23. The molecule has 0 aliphatic heterocycles. The highest BCUT2D eigenvalue weighted by molar-refractivity contribution is 5.63. The number of hydrogen-bond acceptors (Lipinski definition) is 3. The van der Waals surface area contributed by atoms with E-state index in [0.29, 0.717) is 6.54 Å². The third-order valence-corrected chi connectivity index (χ3v) is 1.32. The van der Waals surface area contributed by atoms with E-state index in [1.807, 2.05) is 13.0 Å². The summed E-state index contributed by atoms with van der Waals surface area (Å²) in [4.78, 5) is 10.0. The molecule has 1 aromatic rings. The van der Waals surface area contributed by atoms with E-state index in [1.165, 1.54) is 0 Å². The number of carboxylic acids is 1. The Labute approximate surface area is 64.5 Å². The number of aliphatic carboxylic acids is 1. The number of carboxylic acid groups (broad SMARTS) is 1. The van der Waals surface area contributed by atoms with Crippen LogP contribution in [0.5, 0.6) is 0 Å². The first-order valence-corrected chi connectivity index (χ1v) is 3.38. The van der Waals surface area contributed by atoms with E-state index < -0.39 is 5.97 Å². The summed E-state index contributed by atoms with van der Waals surface area (Å²) in [7, 11) is 0. The van der Waals surface area contributed by atoms with Crippen LogP contribution < -0.4 is 5.11 Å². The van der Waals surface area contributed by atoms with Crippen LogP contribution in [0.3, 0.4) is 0 Å². The maximum Gasteiger partial charge on any atom is 0.0593 e. The first kappa shape index (κ1) is 7.78. The predicted octanol–water partition coefficient (Wildman–Crippen LogP) is -0.668. The highest BCUT2D eigenvalue weighted by Gasteiger charge is 1.92. The van der Waals surface area contributed by atoms with E-state index >= 15 is 0 Å². The first-order valence-electron chi connectivity index (χ1n) is 3.38. The Hall–Kier alpha value is -1.32. The average molecular weight is 153 g/mol. The largest absolute Gasteiger partial charge is 0.550 e. The van der Waals surface area contributed by atoms with Gasteiger partial charge in [0.05, 0.1) is 5.69 Å². The number of carbonyl (C=O) groups excluding carboxylic acids is 1. The number of nitrogens with zero attached hydrogens (tertiary/aromatic N) is 2. The van der Waals surface area contributed by atoms with Gasteiger partial charge in [-0.25, -0.2) is 0 Å². The van der Waals surface area contributed by atoms with Gasteiger partial charge in [0.2, 0.25) is 0 Å². The minimum absolute atomic E-state index is 0.0150. The van der Waals surface area contributed by atoms with Gasteiger partial charge in [0.1, 0.15) is 0 Å². The van der Waals surface area contributed by atoms with Crippen molar-refractivity contribution in [1.29, 1.82) is 0 Å². The van der Waals surface area contributed by atoms with Gasteiger partial charge < -0.3 is 9.90 Å². The van der Waals surface area contributed by atoms with E-state index in [2.05, 4.69) is 5.10 Å². The summed E-state index contributed by atoms with van der Waals surface area (Å²) in [5.74, 6) is -1.04. The van der Waals surface area contributed by atoms with Gasteiger partial charge in [-0.3, -0.25) is 4.68 Å². The summed E-state index contributed by atoms with van der Waals surface area (Å²) in [6.07, 6.45) is 1.76. The molecule has 4 nitrogen and oxygen atoms in total. The second-order valence-corrected chi connectivity index (χ2v) is 2.34. The maximum absolute atomic E-state index is 10.0. The van der Waals surface area contributed by atoms with Crippen molar-refractivity contribution in [2.45, 2.75) is 19.9 Å². The monoisotopic (exact) mass is 153 g/mol. The molecule has 0 aliphatic carbocycles. The lowest BCUT2D eigenvalue weighted by Gasteiger charge is -2.00. The van der Waals surface area contributed by atoms with Crippen LogP contribution in [-0.4, -0.2) is 15.7 Å². The van der Waals surface area contributed by atoms with Gasteiger partial charge in [-0.15, -0.1) is 0 Å². The number of hydrogen-bond donors (Lipinski definition) is 0. The minimum atomic E-state index is -1.04. The number of aromatic nitrogens is 2. The second kappa shape index (κ2) is 3.18. The highest BCUT2D eigenvalue weighted by atomic mass is 16.4. The fourth-order valence-corrected chi connectivity index (χ4v) is 0.794. The van der Waals surface area contributed by atoms with Crippen molar-refractivity contribution < 1.29 is 9.90 Å². The molecule has 0 amide bonds. The van der Waals surface area contributed by atoms with Crippen molar-refractivity contribution in [2.75, 3.05) is 0 Å². The smallest absolute Gasteiger partial charge is 0.0593 e. The van der Waals surface area contributed by atoms with Crippen LogP contribution >= 0.6 is 0 Å². The molecule has 1 aromatic heterocycles. The van der Waals surface area contributed by atoms with Crippen molar-refractivity contribution in [3.8, 4) is 0 Å². The molecular formula is C7H9N2O2-. The molecule has 0 N–H and O–H groups in total. The van der Waals surface area contributed by atoms with E-state index in [0.717, 1.165) is 5.69 Å². The Morgan fingerprint density at radius 2 is 2.55 bits per heavy atom. The molecule has 0 saturated heterocycles. The van der Waals surface area contributed by atoms with Crippen molar-refractivity contribution in [1.82, 2.24) is 9.78 Å². The van der Waals surface area contributed by atoms with Crippen molar-refractivity contribution >= 4 is 5.97 Å². The number of carbonyl (C=O) groups is 1. The van der Waals surface area contributed by atoms with Gasteiger partial charge in [-0.05, 0) is 13.0 Å². The second-order valence-electron chi connectivity index (χ2n) is 2.34. The zero-order valence-corrected chi connectivity index (χ0v) is 6.28. The van der Waals surface area contributed by atoms with Gasteiger partial charge in [0.15, 0.2) is 0 Å². The molecule has 0 aliphatic rings. The minimum Gasteiger partial charge on any atom is -0.550 e. The van der Waals surface area contributed by atoms with Gasteiger partial charge in [0.25, 0.3) is 0 Å². The zero-order valence-electron chi connectivity index (χ0n) is 6.28. The molecule has 0 spiro atoms. The van der Waals surface area contributed by atoms with Crippen LogP contribution in [0.15, 0.2) is 12.3 Å². The molecule has 0 aromatic carbocycles. The molecule has 1 heterocycles. The summed E-state index contributed by atoms with van der Waals surface area (Å²) in [5, 5.41) is 14.0. The topological polar surface area (TPSA) is 58.0 Å². The molecular weight excluding hydrogens is 144 g/mol. The van der Waals surface area contributed by atoms with E-state index in [9.17, 15) is 9.90 Å². The summed E-state index contributed by atoms with van der Waals surface area (Å²) >= 11 is 0. The molecule has 4 heteroatoms. The van der Waals surface area contributed by atoms with Gasteiger partial charge in [-0.2, -0.15) is 5.10 Å². The Bertz CT molecular complexity index is 255. The predicted molar refractivity (Wildman–Crippen MR) is 36.6 cm³/mol. The quantitative estimate of drug-likeness (QED) is 0.578. The van der Waals surface area contributed by atoms with E-state index in [4.69, 9.17) is 0 Å². The van der Waals surface area contributed by atoms with Crippen LogP contribution in [0.1, 0.15) is 12.1 Å². The third kappa shape index (κ3) is 2.41. The zero-order chi connectivity index (χ0) is 8.27. The Morgan fingerprint density at radius 1 is 1.82 bits per heavy atom. The summed E-state index contributed by atoms with van der Waals surface area (Å²) in [5.41, 5.74) is 0.892. The van der Waals surface area contributed by atoms with Crippen LogP contribution in [0.4, 0.5) is 0 Å². The summed E-state index contributed by atoms with van der Waals surface area (Å²) < 4.78 is 1.59.